The average Bonchev–Trinajstić information content (AvgIpc) is 2.57. The maximum atomic E-state index is 10.5. The van der Waals surface area contributed by atoms with Crippen LogP contribution in [-0.2, 0) is 12.8 Å². The monoisotopic (exact) mass is 296 g/mol. The van der Waals surface area contributed by atoms with Crippen molar-refractivity contribution in [3.63, 3.8) is 0 Å². The smallest absolute Gasteiger partial charge is 0.150 e. The van der Waals surface area contributed by atoms with Crippen molar-refractivity contribution in [2.24, 2.45) is 0 Å². The van der Waals surface area contributed by atoms with Crippen molar-refractivity contribution in [3.05, 3.63) is 70.8 Å². The normalized spacial score (nSPS) is 9.55. The van der Waals surface area contributed by atoms with E-state index in [-0.39, 0.29) is 0 Å². The Bertz CT molecular complexity index is 534. The Balaban J connectivity index is 0.000000220. The molecule has 22 heavy (non-hydrogen) atoms. The Morgan fingerprint density at radius 1 is 0.682 bits per heavy atom. The van der Waals surface area contributed by atoms with Gasteiger partial charge in [0.2, 0.25) is 0 Å². The van der Waals surface area contributed by atoms with E-state index in [2.05, 4.69) is 13.8 Å². The van der Waals surface area contributed by atoms with Crippen LogP contribution in [0, 0.1) is 0 Å². The molecular formula is C20H24O2. The Hall–Kier alpha value is -2.22. The van der Waals surface area contributed by atoms with Gasteiger partial charge in [-0.25, -0.2) is 0 Å². The molecule has 0 saturated heterocycles. The molecule has 0 aliphatic carbocycles. The van der Waals surface area contributed by atoms with E-state index in [4.69, 9.17) is 0 Å². The topological polar surface area (TPSA) is 34.1 Å². The van der Waals surface area contributed by atoms with Crippen LogP contribution in [0.2, 0.25) is 0 Å². The summed E-state index contributed by atoms with van der Waals surface area (Å²) in [4.78, 5) is 21.0. The molecule has 0 radical (unpaired) electrons. The van der Waals surface area contributed by atoms with E-state index >= 15 is 0 Å². The van der Waals surface area contributed by atoms with Crippen molar-refractivity contribution in [2.45, 2.75) is 39.5 Å². The highest BCUT2D eigenvalue weighted by atomic mass is 16.1. The zero-order valence-electron chi connectivity index (χ0n) is 13.4. The third kappa shape index (κ3) is 5.65. The molecule has 0 unspecified atom stereocenters. The number of aldehydes is 2. The molecule has 0 spiro atoms. The fourth-order valence-corrected chi connectivity index (χ4v) is 2.29. The highest BCUT2D eigenvalue weighted by molar-refractivity contribution is 5.77. The van der Waals surface area contributed by atoms with Crippen molar-refractivity contribution in [1.29, 1.82) is 0 Å². The third-order valence-corrected chi connectivity index (χ3v) is 3.40. The largest absolute Gasteiger partial charge is 0.298 e. The molecule has 0 atom stereocenters. The van der Waals surface area contributed by atoms with Gasteiger partial charge in [-0.2, -0.15) is 0 Å². The van der Waals surface area contributed by atoms with Crippen LogP contribution >= 0.6 is 0 Å². The minimum absolute atomic E-state index is 0.828. The molecule has 116 valence electrons. The van der Waals surface area contributed by atoms with Gasteiger partial charge >= 0.3 is 0 Å². The van der Waals surface area contributed by atoms with E-state index in [1.54, 1.807) is 0 Å². The summed E-state index contributed by atoms with van der Waals surface area (Å²) in [6.45, 7) is 4.23. The zero-order valence-corrected chi connectivity index (χ0v) is 13.4. The first-order chi connectivity index (χ1) is 10.8. The van der Waals surface area contributed by atoms with Crippen LogP contribution in [0.3, 0.4) is 0 Å². The number of aryl methyl sites for hydroxylation is 2. The minimum atomic E-state index is 0.828. The second-order valence-corrected chi connectivity index (χ2v) is 5.13. The predicted molar refractivity (Wildman–Crippen MR) is 91.6 cm³/mol. The molecule has 0 saturated carbocycles. The van der Waals surface area contributed by atoms with Gasteiger partial charge in [0.05, 0.1) is 0 Å². The Morgan fingerprint density at radius 2 is 1.05 bits per heavy atom. The van der Waals surface area contributed by atoms with Gasteiger partial charge in [0.15, 0.2) is 0 Å². The number of carbonyl (C=O) groups is 2. The lowest BCUT2D eigenvalue weighted by atomic mass is 10.0. The van der Waals surface area contributed by atoms with Crippen LogP contribution in [0.1, 0.15) is 58.5 Å². The lowest BCUT2D eigenvalue weighted by Gasteiger charge is -2.00. The van der Waals surface area contributed by atoms with Gasteiger partial charge in [-0.15, -0.1) is 0 Å². The van der Waals surface area contributed by atoms with Gasteiger partial charge in [0.25, 0.3) is 0 Å². The summed E-state index contributed by atoms with van der Waals surface area (Å²) < 4.78 is 0. The predicted octanol–water partition coefficient (Wildman–Crippen LogP) is 4.90. The van der Waals surface area contributed by atoms with Gasteiger partial charge in [-0.05, 0) is 24.0 Å². The lowest BCUT2D eigenvalue weighted by molar-refractivity contribution is 0.111. The van der Waals surface area contributed by atoms with Gasteiger partial charge in [-0.3, -0.25) is 9.59 Å². The van der Waals surface area contributed by atoms with E-state index < -0.39 is 0 Å². The van der Waals surface area contributed by atoms with Crippen molar-refractivity contribution in [3.8, 4) is 0 Å². The second kappa shape index (κ2) is 10.5. The standard InChI is InChI=1S/2C10H12O/c2*1-2-5-9-6-3-4-7-10(9)8-11/h2*3-4,6-8H,2,5H2,1H3. The van der Waals surface area contributed by atoms with Crippen molar-refractivity contribution in [2.75, 3.05) is 0 Å². The van der Waals surface area contributed by atoms with Crippen LogP contribution in [-0.4, -0.2) is 12.6 Å². The molecular weight excluding hydrogens is 272 g/mol. The lowest BCUT2D eigenvalue weighted by Crippen LogP contribution is -1.90. The fraction of sp³-hybridized carbons (Fsp3) is 0.300. The minimum Gasteiger partial charge on any atom is -0.298 e. The van der Waals surface area contributed by atoms with Crippen LogP contribution in [0.25, 0.3) is 0 Å². The Morgan fingerprint density at radius 3 is 1.36 bits per heavy atom. The van der Waals surface area contributed by atoms with E-state index in [9.17, 15) is 9.59 Å². The molecule has 2 nitrogen and oxygen atoms in total. The van der Waals surface area contributed by atoms with Crippen molar-refractivity contribution >= 4 is 12.6 Å². The molecule has 0 heterocycles. The summed E-state index contributed by atoms with van der Waals surface area (Å²) in [5.74, 6) is 0. The van der Waals surface area contributed by atoms with Crippen LogP contribution in [0.5, 0.6) is 0 Å². The molecule has 0 aromatic heterocycles. The first kappa shape index (κ1) is 17.8. The third-order valence-electron chi connectivity index (χ3n) is 3.40. The summed E-state index contributed by atoms with van der Waals surface area (Å²) in [6.07, 6.45) is 6.01. The molecule has 2 heteroatoms. The maximum Gasteiger partial charge on any atom is 0.150 e. The van der Waals surface area contributed by atoms with E-state index in [0.717, 1.165) is 60.5 Å². The van der Waals surface area contributed by atoms with Crippen LogP contribution in [0.4, 0.5) is 0 Å². The number of hydrogen-bond donors (Lipinski definition) is 0. The molecule has 2 aromatic carbocycles. The fourth-order valence-electron chi connectivity index (χ4n) is 2.29. The molecule has 2 aromatic rings. The Labute approximate surface area is 133 Å². The first-order valence-corrected chi connectivity index (χ1v) is 7.82. The van der Waals surface area contributed by atoms with E-state index in [1.165, 1.54) is 0 Å². The second-order valence-electron chi connectivity index (χ2n) is 5.13. The van der Waals surface area contributed by atoms with Crippen molar-refractivity contribution < 1.29 is 9.59 Å². The van der Waals surface area contributed by atoms with E-state index in [0.29, 0.717) is 0 Å². The van der Waals surface area contributed by atoms with Gasteiger partial charge < -0.3 is 0 Å². The van der Waals surface area contributed by atoms with Gasteiger partial charge in [0, 0.05) is 11.1 Å². The van der Waals surface area contributed by atoms with Gasteiger partial charge in [-0.1, -0.05) is 75.2 Å². The molecule has 2 rings (SSSR count). The number of rotatable bonds is 6. The summed E-state index contributed by atoms with van der Waals surface area (Å²) in [5, 5.41) is 0. The Kier molecular flexibility index (Phi) is 8.51. The molecule has 0 N–H and O–H groups in total. The quantitative estimate of drug-likeness (QED) is 0.710. The highest BCUT2D eigenvalue weighted by Gasteiger charge is 1.97. The summed E-state index contributed by atoms with van der Waals surface area (Å²) in [5.41, 5.74) is 3.97. The summed E-state index contributed by atoms with van der Waals surface area (Å²) >= 11 is 0. The first-order valence-electron chi connectivity index (χ1n) is 7.82. The number of hydrogen-bond acceptors (Lipinski definition) is 2. The molecule has 0 aliphatic heterocycles. The summed E-state index contributed by atoms with van der Waals surface area (Å²) in [7, 11) is 0. The summed E-state index contributed by atoms with van der Waals surface area (Å²) in [6, 6.07) is 15.5. The van der Waals surface area contributed by atoms with Gasteiger partial charge in [0.1, 0.15) is 12.6 Å². The SMILES string of the molecule is CCCc1ccccc1C=O.CCCc1ccccc1C=O. The number of benzene rings is 2. The van der Waals surface area contributed by atoms with Crippen LogP contribution in [0.15, 0.2) is 48.5 Å². The van der Waals surface area contributed by atoms with Crippen molar-refractivity contribution in [1.82, 2.24) is 0 Å². The molecule has 0 aliphatic rings. The molecule has 0 amide bonds. The van der Waals surface area contributed by atoms with E-state index in [1.807, 2.05) is 48.5 Å². The number of carbonyl (C=O) groups excluding carboxylic acids is 2. The highest BCUT2D eigenvalue weighted by Crippen LogP contribution is 2.08. The zero-order chi connectivity index (χ0) is 16.2. The molecule has 0 bridgehead atoms. The van der Waals surface area contributed by atoms with Crippen LogP contribution < -0.4 is 0 Å². The molecule has 0 fully saturated rings. The maximum absolute atomic E-state index is 10.5. The average molecular weight is 296 g/mol.